The second kappa shape index (κ2) is 13.9. The Morgan fingerprint density at radius 2 is 1.84 bits per heavy atom. The van der Waals surface area contributed by atoms with Crippen LogP contribution in [0.3, 0.4) is 0 Å². The lowest BCUT2D eigenvalue weighted by atomic mass is 9.97. The second-order valence-electron chi connectivity index (χ2n) is 13.0. The average Bonchev–Trinajstić information content (AvgIpc) is 3.48. The molecular weight excluding hydrogens is 601 g/mol. The van der Waals surface area contributed by atoms with Gasteiger partial charge in [-0.2, -0.15) is 8.42 Å². The number of carbonyl (C=O) groups excluding carboxylic acids is 4. The van der Waals surface area contributed by atoms with Crippen molar-refractivity contribution >= 4 is 47.3 Å². The Labute approximate surface area is 266 Å². The summed E-state index contributed by atoms with van der Waals surface area (Å²) >= 11 is 0. The standard InChI is InChI=1S/C31H44BN3O9S/c1-5-42-28(38)31-18-20(31)11-9-7-6-8-10-12-24(33-29(39)43-30(2,3)4)27(37)35-19-22(17-25(35)26(36)34-31)44-45(40,41)23-15-13-21(32)14-16-23/h9,11,13-16,20,22,24-25H,5-8,10,12,17-19,32H2,1-4H3,(H,33,39)(H,34,36)/b11-9-/t20-,22+,24+,25+,31-/m1/s1. The molecule has 12 nitrogen and oxygen atoms in total. The van der Waals surface area contributed by atoms with Crippen molar-refractivity contribution in [2.45, 2.75) is 107 Å². The van der Waals surface area contributed by atoms with Gasteiger partial charge in [0.15, 0.2) is 0 Å². The third kappa shape index (κ3) is 8.66. The molecule has 1 aromatic rings. The van der Waals surface area contributed by atoms with E-state index in [9.17, 15) is 27.6 Å². The molecule has 5 atom stereocenters. The Hall–Kier alpha value is -3.39. The number of nitrogens with zero attached hydrogens (tertiary/aromatic N) is 1. The molecule has 2 fully saturated rings. The van der Waals surface area contributed by atoms with Crippen molar-refractivity contribution in [1.82, 2.24) is 15.5 Å². The highest BCUT2D eigenvalue weighted by Gasteiger charge is 2.62. The van der Waals surface area contributed by atoms with Gasteiger partial charge in [-0.1, -0.05) is 42.6 Å². The minimum absolute atomic E-state index is 0.0494. The maximum Gasteiger partial charge on any atom is 0.408 e. The summed E-state index contributed by atoms with van der Waals surface area (Å²) in [6, 6.07) is 3.96. The van der Waals surface area contributed by atoms with Crippen LogP contribution in [0.1, 0.15) is 72.6 Å². The van der Waals surface area contributed by atoms with Crippen LogP contribution in [0, 0.1) is 5.92 Å². The Kier molecular flexibility index (Phi) is 10.7. The van der Waals surface area contributed by atoms with Crippen molar-refractivity contribution in [3.8, 4) is 0 Å². The molecule has 1 aromatic carbocycles. The van der Waals surface area contributed by atoms with Crippen molar-refractivity contribution in [2.24, 2.45) is 5.92 Å². The molecule has 2 N–H and O–H groups in total. The van der Waals surface area contributed by atoms with Gasteiger partial charge >= 0.3 is 12.1 Å². The van der Waals surface area contributed by atoms with Gasteiger partial charge in [0.05, 0.1) is 17.6 Å². The van der Waals surface area contributed by atoms with E-state index >= 15 is 0 Å². The highest BCUT2D eigenvalue weighted by molar-refractivity contribution is 7.86. The Morgan fingerprint density at radius 1 is 1.13 bits per heavy atom. The molecule has 1 saturated heterocycles. The average molecular weight is 646 g/mol. The first kappa shape index (κ1) is 34.5. The summed E-state index contributed by atoms with van der Waals surface area (Å²) in [6.07, 6.45) is 5.54. The van der Waals surface area contributed by atoms with Crippen molar-refractivity contribution in [1.29, 1.82) is 0 Å². The fourth-order valence-corrected chi connectivity index (χ4v) is 6.85. The number of benzene rings is 1. The number of rotatable bonds is 6. The number of esters is 1. The largest absolute Gasteiger partial charge is 0.464 e. The molecule has 45 heavy (non-hydrogen) atoms. The maximum absolute atomic E-state index is 14.1. The van der Waals surface area contributed by atoms with Crippen LogP contribution in [0.2, 0.25) is 0 Å². The van der Waals surface area contributed by atoms with Crippen molar-refractivity contribution in [3.63, 3.8) is 0 Å². The molecule has 14 heteroatoms. The van der Waals surface area contributed by atoms with Gasteiger partial charge in [0.2, 0.25) is 11.8 Å². The third-order valence-electron chi connectivity index (χ3n) is 8.14. The zero-order valence-corrected chi connectivity index (χ0v) is 27.5. The number of carbonyl (C=O) groups is 4. The van der Waals surface area contributed by atoms with E-state index in [2.05, 4.69) is 10.6 Å². The number of amides is 3. The van der Waals surface area contributed by atoms with Crippen LogP contribution < -0.4 is 16.1 Å². The fraction of sp³-hybridized carbons (Fsp3) is 0.613. The maximum atomic E-state index is 14.1. The van der Waals surface area contributed by atoms with Crippen LogP contribution in [0.15, 0.2) is 41.3 Å². The summed E-state index contributed by atoms with van der Waals surface area (Å²) in [5.41, 5.74) is -1.21. The summed E-state index contributed by atoms with van der Waals surface area (Å²) in [4.78, 5) is 55.0. The lowest BCUT2D eigenvalue weighted by molar-refractivity contribution is -0.150. The SMILES string of the molecule is Bc1ccc(S(=O)(=O)O[C@H]2C[C@H]3C(=O)N[C@]4(C(=O)OCC)C[C@H]4/C=C\CCCCC[C@H](NC(=O)OC(C)(C)C)C(=O)N3C2)cc1. The highest BCUT2D eigenvalue weighted by atomic mass is 32.2. The first-order valence-corrected chi connectivity index (χ1v) is 17.0. The quantitative estimate of drug-likeness (QED) is 0.202. The summed E-state index contributed by atoms with van der Waals surface area (Å²) in [6.45, 7) is 6.72. The van der Waals surface area contributed by atoms with E-state index in [1.165, 1.54) is 17.0 Å². The number of alkyl carbamates (subject to hydrolysis) is 1. The minimum atomic E-state index is -4.23. The molecule has 3 amide bonds. The summed E-state index contributed by atoms with van der Waals surface area (Å²) in [7, 11) is -2.40. The second-order valence-corrected chi connectivity index (χ2v) is 14.6. The van der Waals surface area contributed by atoms with Crippen LogP contribution in [0.25, 0.3) is 0 Å². The molecule has 1 aliphatic carbocycles. The molecule has 3 aliphatic rings. The van der Waals surface area contributed by atoms with Crippen molar-refractivity contribution < 1.29 is 41.3 Å². The summed E-state index contributed by atoms with van der Waals surface area (Å²) in [5.74, 6) is -2.03. The van der Waals surface area contributed by atoms with Gasteiger partial charge in [0.25, 0.3) is 10.1 Å². The van der Waals surface area contributed by atoms with Gasteiger partial charge in [-0.05, 0) is 65.5 Å². The highest BCUT2D eigenvalue weighted by Crippen LogP contribution is 2.46. The van der Waals surface area contributed by atoms with Gasteiger partial charge in [0, 0.05) is 18.9 Å². The van der Waals surface area contributed by atoms with E-state index in [-0.39, 0.29) is 36.8 Å². The molecule has 2 heterocycles. The molecule has 0 unspecified atom stereocenters. The number of allylic oxidation sites excluding steroid dienone is 1. The predicted molar refractivity (Wildman–Crippen MR) is 168 cm³/mol. The lowest BCUT2D eigenvalue weighted by Crippen LogP contribution is -2.56. The number of hydrogen-bond donors (Lipinski definition) is 2. The van der Waals surface area contributed by atoms with Gasteiger partial charge in [-0.25, -0.2) is 9.59 Å². The van der Waals surface area contributed by atoms with Crippen LogP contribution in [0.4, 0.5) is 4.79 Å². The Balaban J connectivity index is 1.65. The van der Waals surface area contributed by atoms with Crippen LogP contribution >= 0.6 is 0 Å². The molecule has 1 saturated carbocycles. The third-order valence-corrected chi connectivity index (χ3v) is 9.52. The molecule has 0 aromatic heterocycles. The van der Waals surface area contributed by atoms with Crippen LogP contribution in [-0.4, -0.2) is 87.5 Å². The molecular formula is C31H44BN3O9S. The van der Waals surface area contributed by atoms with E-state index in [0.717, 1.165) is 24.7 Å². The van der Waals surface area contributed by atoms with Gasteiger partial charge in [-0.15, -0.1) is 0 Å². The topological polar surface area (TPSA) is 157 Å². The first-order chi connectivity index (χ1) is 21.1. The summed E-state index contributed by atoms with van der Waals surface area (Å²) < 4.78 is 42.6. The minimum Gasteiger partial charge on any atom is -0.464 e. The number of hydrogen-bond acceptors (Lipinski definition) is 9. The monoisotopic (exact) mass is 645 g/mol. The molecule has 4 rings (SSSR count). The number of nitrogens with one attached hydrogen (secondary N) is 2. The van der Waals surface area contributed by atoms with Gasteiger partial charge < -0.3 is 25.0 Å². The molecule has 2 aliphatic heterocycles. The lowest BCUT2D eigenvalue weighted by Gasteiger charge is -2.30. The van der Waals surface area contributed by atoms with Gasteiger partial charge in [-0.3, -0.25) is 13.8 Å². The number of fused-ring (bicyclic) bond motifs is 2. The molecule has 0 bridgehead atoms. The summed E-state index contributed by atoms with van der Waals surface area (Å²) in [5, 5.41) is 5.51. The van der Waals surface area contributed by atoms with E-state index < -0.39 is 63.3 Å². The van der Waals surface area contributed by atoms with Crippen molar-refractivity contribution in [2.75, 3.05) is 13.2 Å². The Bertz CT molecular complexity index is 1410. The van der Waals surface area contributed by atoms with Crippen LogP contribution in [-0.2, 0) is 38.2 Å². The molecule has 0 spiro atoms. The zero-order chi connectivity index (χ0) is 33.0. The first-order valence-electron chi connectivity index (χ1n) is 15.6. The number of ether oxygens (including phenoxy) is 2. The molecule has 0 radical (unpaired) electrons. The smallest absolute Gasteiger partial charge is 0.408 e. The molecule has 246 valence electrons. The van der Waals surface area contributed by atoms with E-state index in [1.807, 2.05) is 20.0 Å². The van der Waals surface area contributed by atoms with Gasteiger partial charge in [0.1, 0.15) is 31.1 Å². The normalized spacial score (nSPS) is 28.4. The predicted octanol–water partition coefficient (Wildman–Crippen LogP) is 1.47. The van der Waals surface area contributed by atoms with E-state index in [4.69, 9.17) is 13.7 Å². The van der Waals surface area contributed by atoms with Crippen LogP contribution in [0.5, 0.6) is 0 Å². The Morgan fingerprint density at radius 3 is 2.51 bits per heavy atom. The van der Waals surface area contributed by atoms with E-state index in [0.29, 0.717) is 12.8 Å². The van der Waals surface area contributed by atoms with E-state index in [1.54, 1.807) is 39.8 Å². The fourth-order valence-electron chi connectivity index (χ4n) is 5.77. The van der Waals surface area contributed by atoms with Crippen molar-refractivity contribution in [3.05, 3.63) is 36.4 Å². The zero-order valence-electron chi connectivity index (χ0n) is 26.7.